The molecule has 1 aromatic heterocycles. The first-order chi connectivity index (χ1) is 19.2. The molecule has 0 saturated carbocycles. The van der Waals surface area contributed by atoms with E-state index in [1.54, 1.807) is 29.2 Å². The Bertz CT molecular complexity index is 1630. The van der Waals surface area contributed by atoms with Crippen LogP contribution in [-0.4, -0.2) is 61.2 Å². The summed E-state index contributed by atoms with van der Waals surface area (Å²) < 4.78 is 29.5. The van der Waals surface area contributed by atoms with Gasteiger partial charge in [0, 0.05) is 31.7 Å². The number of likely N-dealkylation sites (N-methyl/N-ethyl adjacent to an activating group) is 1. The van der Waals surface area contributed by atoms with E-state index in [-0.39, 0.29) is 23.2 Å². The van der Waals surface area contributed by atoms with Gasteiger partial charge in [-0.25, -0.2) is 13.4 Å². The fraction of sp³-hybridized carbons (Fsp3) is 0.355. The van der Waals surface area contributed by atoms with Crippen LogP contribution in [0.3, 0.4) is 0 Å². The Morgan fingerprint density at radius 2 is 1.63 bits per heavy atom. The molecule has 4 aromatic rings. The van der Waals surface area contributed by atoms with Crippen molar-refractivity contribution in [1.82, 2.24) is 14.2 Å². The number of benzene rings is 3. The number of fused-ring (bicyclic) bond motifs is 2. The fourth-order valence-corrected chi connectivity index (χ4v) is 7.61. The van der Waals surface area contributed by atoms with Crippen molar-refractivity contribution in [3.05, 3.63) is 88.5 Å². The summed E-state index contributed by atoms with van der Waals surface area (Å²) in [5, 5.41) is 0.657. The van der Waals surface area contributed by atoms with Crippen molar-refractivity contribution in [2.24, 2.45) is 0 Å². The average Bonchev–Trinajstić information content (AvgIpc) is 3.41. The SMILES string of the molecule is CCN(CC)CCN(C(=O)c1ccc(S(=O)(=O)N2CCc3ccccc3C2)cc1)c1nc2c(C)c(C)ccc2s1.Cl. The Morgan fingerprint density at radius 1 is 0.951 bits per heavy atom. The van der Waals surface area contributed by atoms with Crippen molar-refractivity contribution in [2.75, 3.05) is 37.6 Å². The Balaban J connectivity index is 0.00000387. The number of rotatable bonds is 9. The van der Waals surface area contributed by atoms with Crippen LogP contribution in [-0.2, 0) is 23.0 Å². The third kappa shape index (κ3) is 6.34. The molecule has 0 radical (unpaired) electrons. The monoisotopic (exact) mass is 612 g/mol. The first-order valence-electron chi connectivity index (χ1n) is 13.8. The van der Waals surface area contributed by atoms with Gasteiger partial charge < -0.3 is 4.90 Å². The molecule has 0 fully saturated rings. The van der Waals surface area contributed by atoms with Crippen LogP contribution < -0.4 is 4.90 Å². The number of hydrogen-bond donors (Lipinski definition) is 0. The standard InChI is InChI=1S/C31H36N4O3S2.ClH/c1-5-33(6-2)19-20-35(31-32-29-23(4)22(3)11-16-28(29)39-31)30(36)25-12-14-27(15-13-25)40(37,38)34-18-17-24-9-7-8-10-26(24)21-34;/h7-16H,5-6,17-21H2,1-4H3;1H. The molecule has 0 spiro atoms. The van der Waals surface area contributed by atoms with Gasteiger partial charge in [-0.1, -0.05) is 55.5 Å². The number of aromatic nitrogens is 1. The average molecular weight is 613 g/mol. The molecular weight excluding hydrogens is 576 g/mol. The molecule has 0 aliphatic carbocycles. The number of sulfonamides is 1. The Hall–Kier alpha value is -2.82. The van der Waals surface area contributed by atoms with Crippen LogP contribution >= 0.6 is 23.7 Å². The van der Waals surface area contributed by atoms with Crippen LogP contribution in [0.1, 0.15) is 46.5 Å². The van der Waals surface area contributed by atoms with Gasteiger partial charge in [0.1, 0.15) is 0 Å². The lowest BCUT2D eigenvalue weighted by Crippen LogP contribution is -2.39. The Kier molecular flexibility index (Phi) is 9.87. The summed E-state index contributed by atoms with van der Waals surface area (Å²) >= 11 is 1.51. The molecule has 7 nitrogen and oxygen atoms in total. The molecule has 0 bridgehead atoms. The molecule has 1 aliphatic heterocycles. The highest BCUT2D eigenvalue weighted by Crippen LogP contribution is 2.33. The minimum atomic E-state index is -3.68. The van der Waals surface area contributed by atoms with Gasteiger partial charge in [-0.2, -0.15) is 4.31 Å². The summed E-state index contributed by atoms with van der Waals surface area (Å²) in [6.07, 6.45) is 0.689. The third-order valence-corrected chi connectivity index (χ3v) is 10.8. The van der Waals surface area contributed by atoms with E-state index in [4.69, 9.17) is 4.98 Å². The van der Waals surface area contributed by atoms with E-state index in [0.717, 1.165) is 41.0 Å². The third-order valence-electron chi connectivity index (χ3n) is 7.92. The van der Waals surface area contributed by atoms with Gasteiger partial charge in [0.25, 0.3) is 5.91 Å². The summed E-state index contributed by atoms with van der Waals surface area (Å²) in [5.41, 5.74) is 5.87. The van der Waals surface area contributed by atoms with Crippen LogP contribution in [0, 0.1) is 13.8 Å². The topological polar surface area (TPSA) is 73.8 Å². The fourth-order valence-electron chi connectivity index (χ4n) is 5.14. The molecule has 41 heavy (non-hydrogen) atoms. The van der Waals surface area contributed by atoms with Gasteiger partial charge in [-0.3, -0.25) is 9.69 Å². The van der Waals surface area contributed by atoms with Crippen molar-refractivity contribution >= 4 is 55.0 Å². The smallest absolute Gasteiger partial charge is 0.260 e. The van der Waals surface area contributed by atoms with Crippen molar-refractivity contribution in [1.29, 1.82) is 0 Å². The van der Waals surface area contributed by atoms with E-state index in [1.165, 1.54) is 26.8 Å². The molecule has 5 rings (SSSR count). The van der Waals surface area contributed by atoms with Crippen LogP contribution in [0.4, 0.5) is 5.13 Å². The zero-order valence-electron chi connectivity index (χ0n) is 24.0. The number of thiazole rings is 1. The minimum absolute atomic E-state index is 0. The Morgan fingerprint density at radius 3 is 2.32 bits per heavy atom. The van der Waals surface area contributed by atoms with Gasteiger partial charge in [0.15, 0.2) is 5.13 Å². The van der Waals surface area contributed by atoms with Crippen LogP contribution in [0.5, 0.6) is 0 Å². The van der Waals surface area contributed by atoms with Gasteiger partial charge in [0.2, 0.25) is 10.0 Å². The number of carbonyl (C=O) groups excluding carboxylic acids is 1. The van der Waals surface area contributed by atoms with E-state index in [0.29, 0.717) is 36.8 Å². The molecule has 0 atom stereocenters. The van der Waals surface area contributed by atoms with Gasteiger partial charge in [-0.15, -0.1) is 12.4 Å². The Labute approximate surface area is 253 Å². The second kappa shape index (κ2) is 13.0. The second-order valence-corrected chi connectivity index (χ2v) is 13.2. The van der Waals surface area contributed by atoms with Crippen molar-refractivity contribution in [3.63, 3.8) is 0 Å². The largest absolute Gasteiger partial charge is 0.302 e. The van der Waals surface area contributed by atoms with Gasteiger partial charge in [-0.05, 0) is 85.9 Å². The molecule has 2 heterocycles. The highest BCUT2D eigenvalue weighted by molar-refractivity contribution is 7.89. The zero-order valence-corrected chi connectivity index (χ0v) is 26.4. The number of amides is 1. The maximum absolute atomic E-state index is 13.9. The summed E-state index contributed by atoms with van der Waals surface area (Å²) in [4.78, 5) is 23.0. The molecule has 0 saturated heterocycles. The number of carbonyl (C=O) groups is 1. The molecule has 10 heteroatoms. The van der Waals surface area contributed by atoms with Crippen molar-refractivity contribution in [3.8, 4) is 0 Å². The quantitative estimate of drug-likeness (QED) is 0.229. The van der Waals surface area contributed by atoms with E-state index >= 15 is 0 Å². The van der Waals surface area contributed by atoms with E-state index in [1.807, 2.05) is 18.2 Å². The summed E-state index contributed by atoms with van der Waals surface area (Å²) in [5.74, 6) is -0.184. The van der Waals surface area contributed by atoms with Crippen molar-refractivity contribution in [2.45, 2.75) is 45.6 Å². The lowest BCUT2D eigenvalue weighted by Gasteiger charge is -2.28. The predicted octanol–water partition coefficient (Wildman–Crippen LogP) is 6.07. The first-order valence-corrected chi connectivity index (χ1v) is 16.1. The van der Waals surface area contributed by atoms with E-state index in [2.05, 4.69) is 50.8 Å². The van der Waals surface area contributed by atoms with Crippen LogP contribution in [0.15, 0.2) is 65.6 Å². The maximum atomic E-state index is 13.9. The maximum Gasteiger partial charge on any atom is 0.260 e. The molecular formula is C31H37ClN4O3S2. The van der Waals surface area contributed by atoms with E-state index < -0.39 is 10.0 Å². The predicted molar refractivity (Wildman–Crippen MR) is 170 cm³/mol. The minimum Gasteiger partial charge on any atom is -0.302 e. The highest BCUT2D eigenvalue weighted by Gasteiger charge is 2.29. The second-order valence-electron chi connectivity index (χ2n) is 10.2. The lowest BCUT2D eigenvalue weighted by molar-refractivity contribution is 0.0983. The molecule has 1 amide bonds. The lowest BCUT2D eigenvalue weighted by atomic mass is 10.0. The first kappa shape index (κ1) is 31.1. The summed E-state index contributed by atoms with van der Waals surface area (Å²) in [7, 11) is -3.68. The zero-order chi connectivity index (χ0) is 28.4. The van der Waals surface area contributed by atoms with Gasteiger partial charge in [0.05, 0.1) is 15.1 Å². The summed E-state index contributed by atoms with van der Waals surface area (Å²) in [6, 6.07) is 18.5. The number of nitrogens with zero attached hydrogens (tertiary/aromatic N) is 4. The summed E-state index contributed by atoms with van der Waals surface area (Å²) in [6.45, 7) is 12.1. The normalized spacial score (nSPS) is 13.7. The number of anilines is 1. The number of aryl methyl sites for hydroxylation is 2. The molecule has 218 valence electrons. The highest BCUT2D eigenvalue weighted by atomic mass is 35.5. The van der Waals surface area contributed by atoms with Gasteiger partial charge >= 0.3 is 0 Å². The van der Waals surface area contributed by atoms with E-state index in [9.17, 15) is 13.2 Å². The van der Waals surface area contributed by atoms with Crippen LogP contribution in [0.25, 0.3) is 10.2 Å². The molecule has 0 unspecified atom stereocenters. The molecule has 0 N–H and O–H groups in total. The molecule has 3 aromatic carbocycles. The molecule has 1 aliphatic rings. The van der Waals surface area contributed by atoms with Crippen LogP contribution in [0.2, 0.25) is 0 Å². The van der Waals surface area contributed by atoms with Crippen molar-refractivity contribution < 1.29 is 13.2 Å². The number of hydrogen-bond acceptors (Lipinski definition) is 6. The number of halogens is 1.